The Balaban J connectivity index is 1.29. The first kappa shape index (κ1) is 18.9. The zero-order valence-corrected chi connectivity index (χ0v) is 16.0. The number of hydrogen-bond acceptors (Lipinski definition) is 4. The first-order valence-electron chi connectivity index (χ1n) is 9.51. The van der Waals surface area contributed by atoms with Crippen LogP contribution in [0.15, 0.2) is 65.2 Å². The average molecular weight is 392 g/mol. The molecule has 1 saturated carbocycles. The number of carbonyl (C=O) groups excluding carboxylic acids is 1. The number of halogens is 1. The number of ether oxygens (including phenoxy) is 1. The third kappa shape index (κ3) is 5.10. The van der Waals surface area contributed by atoms with E-state index in [1.54, 1.807) is 24.4 Å². The van der Waals surface area contributed by atoms with E-state index in [1.165, 1.54) is 30.3 Å². The van der Waals surface area contributed by atoms with Crippen LogP contribution in [-0.4, -0.2) is 10.9 Å². The summed E-state index contributed by atoms with van der Waals surface area (Å²) < 4.78 is 24.3. The monoisotopic (exact) mass is 392 g/mol. The summed E-state index contributed by atoms with van der Waals surface area (Å²) in [6, 6.07) is 13.1. The highest BCUT2D eigenvalue weighted by molar-refractivity contribution is 5.91. The number of rotatable bonds is 7. The molecular formula is C23H21FN2O3. The molecule has 1 aliphatic carbocycles. The number of carbonyl (C=O) groups is 1. The molecule has 0 saturated heterocycles. The summed E-state index contributed by atoms with van der Waals surface area (Å²) in [7, 11) is 0. The fourth-order valence-electron chi connectivity index (χ4n) is 3.02. The third-order valence-electron chi connectivity index (χ3n) is 4.82. The molecule has 2 unspecified atom stereocenters. The zero-order chi connectivity index (χ0) is 20.2. The van der Waals surface area contributed by atoms with Crippen LogP contribution >= 0.6 is 0 Å². The van der Waals surface area contributed by atoms with Crippen LogP contribution in [-0.2, 0) is 11.3 Å². The highest BCUT2D eigenvalue weighted by Crippen LogP contribution is 2.47. The van der Waals surface area contributed by atoms with Crippen LogP contribution in [0.4, 0.5) is 4.39 Å². The summed E-state index contributed by atoms with van der Waals surface area (Å²) in [5.74, 6) is 3.17. The van der Waals surface area contributed by atoms with E-state index < -0.39 is 0 Å². The van der Waals surface area contributed by atoms with Crippen molar-refractivity contribution in [1.82, 2.24) is 10.3 Å². The average Bonchev–Trinajstić information content (AvgIpc) is 3.26. The Kier molecular flexibility index (Phi) is 5.42. The van der Waals surface area contributed by atoms with E-state index in [4.69, 9.17) is 9.15 Å². The fraction of sp³-hybridized carbons (Fsp3) is 0.217. The van der Waals surface area contributed by atoms with Crippen LogP contribution in [0.1, 0.15) is 36.3 Å². The summed E-state index contributed by atoms with van der Waals surface area (Å²) in [6.07, 6.45) is 5.88. The Bertz CT molecular complexity index is 1030. The number of pyridine rings is 1. The molecule has 0 aliphatic heterocycles. The van der Waals surface area contributed by atoms with Gasteiger partial charge in [-0.05, 0) is 66.4 Å². The van der Waals surface area contributed by atoms with Gasteiger partial charge in [-0.2, -0.15) is 0 Å². The van der Waals surface area contributed by atoms with Crippen molar-refractivity contribution in [2.75, 3.05) is 0 Å². The first-order valence-corrected chi connectivity index (χ1v) is 9.51. The number of aromatic nitrogens is 1. The Labute approximate surface area is 168 Å². The van der Waals surface area contributed by atoms with Gasteiger partial charge < -0.3 is 14.5 Å². The van der Waals surface area contributed by atoms with Crippen molar-refractivity contribution < 1.29 is 18.3 Å². The van der Waals surface area contributed by atoms with Gasteiger partial charge in [-0.15, -0.1) is 0 Å². The lowest BCUT2D eigenvalue weighted by molar-refractivity contribution is -0.116. The van der Waals surface area contributed by atoms with E-state index in [-0.39, 0.29) is 11.7 Å². The molecule has 2 heterocycles. The van der Waals surface area contributed by atoms with Gasteiger partial charge in [0.05, 0.1) is 0 Å². The van der Waals surface area contributed by atoms with E-state index in [0.717, 1.165) is 17.7 Å². The smallest absolute Gasteiger partial charge is 0.244 e. The molecule has 1 aromatic carbocycles. The molecule has 0 bridgehead atoms. The minimum atomic E-state index is -0.331. The summed E-state index contributed by atoms with van der Waals surface area (Å²) in [6.45, 7) is 2.53. The second kappa shape index (κ2) is 8.31. The maximum atomic E-state index is 13.0. The number of furan rings is 1. The van der Waals surface area contributed by atoms with E-state index in [0.29, 0.717) is 35.8 Å². The van der Waals surface area contributed by atoms with Gasteiger partial charge in [0, 0.05) is 30.8 Å². The molecule has 29 heavy (non-hydrogen) atoms. The standard InChI is InChI=1S/C23H21FN2O3/c1-15-12-20(15)21-8-6-18(28-21)7-9-22(27)26-14-16-10-11-25-23(13-16)29-19-4-2-17(24)3-5-19/h2-11,13,15,20H,12,14H2,1H3,(H,26,27)/b9-7+. The van der Waals surface area contributed by atoms with Gasteiger partial charge in [-0.25, -0.2) is 9.37 Å². The van der Waals surface area contributed by atoms with Crippen LogP contribution in [0.5, 0.6) is 11.6 Å². The Morgan fingerprint density at radius 3 is 2.83 bits per heavy atom. The maximum Gasteiger partial charge on any atom is 0.244 e. The van der Waals surface area contributed by atoms with Gasteiger partial charge >= 0.3 is 0 Å². The van der Waals surface area contributed by atoms with Crippen LogP contribution in [0.3, 0.4) is 0 Å². The minimum absolute atomic E-state index is 0.222. The second-order valence-corrected chi connectivity index (χ2v) is 7.17. The van der Waals surface area contributed by atoms with Crippen LogP contribution < -0.4 is 10.1 Å². The zero-order valence-electron chi connectivity index (χ0n) is 16.0. The molecule has 2 aromatic heterocycles. The molecule has 2 atom stereocenters. The molecule has 0 spiro atoms. The number of nitrogens with one attached hydrogen (secondary N) is 1. The lowest BCUT2D eigenvalue weighted by atomic mass is 10.2. The summed E-state index contributed by atoms with van der Waals surface area (Å²) >= 11 is 0. The minimum Gasteiger partial charge on any atom is -0.461 e. The molecule has 5 nitrogen and oxygen atoms in total. The Morgan fingerprint density at radius 1 is 1.28 bits per heavy atom. The Hall–Kier alpha value is -3.41. The Morgan fingerprint density at radius 2 is 2.07 bits per heavy atom. The molecule has 1 fully saturated rings. The van der Waals surface area contributed by atoms with Gasteiger partial charge in [0.1, 0.15) is 23.1 Å². The lowest BCUT2D eigenvalue weighted by Gasteiger charge is -2.07. The van der Waals surface area contributed by atoms with Gasteiger partial charge in [0.15, 0.2) is 0 Å². The molecule has 6 heteroatoms. The number of nitrogens with zero attached hydrogens (tertiary/aromatic N) is 1. The predicted molar refractivity (Wildman–Crippen MR) is 107 cm³/mol. The third-order valence-corrected chi connectivity index (χ3v) is 4.82. The molecule has 1 N–H and O–H groups in total. The van der Waals surface area contributed by atoms with Gasteiger partial charge in [0.2, 0.25) is 11.8 Å². The first-order chi connectivity index (χ1) is 14.1. The molecular weight excluding hydrogens is 371 g/mol. The van der Waals surface area contributed by atoms with Crippen LogP contribution in [0.25, 0.3) is 6.08 Å². The maximum absolute atomic E-state index is 13.0. The summed E-state index contributed by atoms with van der Waals surface area (Å²) in [5, 5.41) is 2.82. The predicted octanol–water partition coefficient (Wildman–Crippen LogP) is 5.06. The summed E-state index contributed by atoms with van der Waals surface area (Å²) in [4.78, 5) is 16.2. The van der Waals surface area contributed by atoms with Crippen molar-refractivity contribution >= 4 is 12.0 Å². The highest BCUT2D eigenvalue weighted by atomic mass is 19.1. The van der Waals surface area contributed by atoms with Crippen LogP contribution in [0, 0.1) is 11.7 Å². The van der Waals surface area contributed by atoms with Crippen molar-refractivity contribution in [2.24, 2.45) is 5.92 Å². The second-order valence-electron chi connectivity index (χ2n) is 7.17. The normalized spacial score (nSPS) is 18.0. The summed E-state index contributed by atoms with van der Waals surface area (Å²) in [5.41, 5.74) is 0.835. The van der Waals surface area contributed by atoms with Gasteiger partial charge in [-0.3, -0.25) is 4.79 Å². The molecule has 1 aliphatic rings. The van der Waals surface area contributed by atoms with Gasteiger partial charge in [0.25, 0.3) is 0 Å². The van der Waals surface area contributed by atoms with E-state index in [2.05, 4.69) is 17.2 Å². The molecule has 148 valence electrons. The molecule has 1 amide bonds. The van der Waals surface area contributed by atoms with E-state index in [1.807, 2.05) is 12.1 Å². The van der Waals surface area contributed by atoms with Crippen molar-refractivity contribution in [3.05, 3.63) is 83.7 Å². The number of hydrogen-bond donors (Lipinski definition) is 1. The topological polar surface area (TPSA) is 64.4 Å². The lowest BCUT2D eigenvalue weighted by Crippen LogP contribution is -2.20. The molecule has 0 radical (unpaired) electrons. The highest BCUT2D eigenvalue weighted by Gasteiger charge is 2.36. The van der Waals surface area contributed by atoms with Crippen LogP contribution in [0.2, 0.25) is 0 Å². The van der Waals surface area contributed by atoms with Crippen molar-refractivity contribution in [3.8, 4) is 11.6 Å². The van der Waals surface area contributed by atoms with Crippen molar-refractivity contribution in [3.63, 3.8) is 0 Å². The number of amides is 1. The SMILES string of the molecule is CC1CC1c1ccc(/C=C/C(=O)NCc2ccnc(Oc3ccc(F)cc3)c2)o1. The molecule has 3 aromatic rings. The quantitative estimate of drug-likeness (QED) is 0.571. The van der Waals surface area contributed by atoms with Gasteiger partial charge in [-0.1, -0.05) is 6.92 Å². The largest absolute Gasteiger partial charge is 0.461 e. The molecule has 4 rings (SSSR count). The van der Waals surface area contributed by atoms with Crippen molar-refractivity contribution in [1.29, 1.82) is 0 Å². The van der Waals surface area contributed by atoms with E-state index >= 15 is 0 Å². The van der Waals surface area contributed by atoms with Crippen molar-refractivity contribution in [2.45, 2.75) is 25.8 Å². The van der Waals surface area contributed by atoms with E-state index in [9.17, 15) is 9.18 Å². The fourth-order valence-corrected chi connectivity index (χ4v) is 3.02. The number of benzene rings is 1.